The fourth-order valence-corrected chi connectivity index (χ4v) is 1.66. The zero-order chi connectivity index (χ0) is 12.9. The molecule has 0 bridgehead atoms. The van der Waals surface area contributed by atoms with Gasteiger partial charge in [-0.05, 0) is 12.8 Å². The molecule has 0 aliphatic rings. The van der Waals surface area contributed by atoms with Crippen molar-refractivity contribution in [1.82, 2.24) is 4.67 Å². The first kappa shape index (κ1) is 14.8. The first-order valence-corrected chi connectivity index (χ1v) is 5.88. The van der Waals surface area contributed by atoms with Gasteiger partial charge in [0.05, 0.1) is 0 Å². The second kappa shape index (κ2) is 5.80. The third-order valence-electron chi connectivity index (χ3n) is 1.79. The number of carboxylic acid groups (broad SMARTS) is 1. The van der Waals surface area contributed by atoms with Crippen molar-refractivity contribution >= 4 is 19.7 Å². The summed E-state index contributed by atoms with van der Waals surface area (Å²) in [7, 11) is -4.62. The van der Waals surface area contributed by atoms with Crippen LogP contribution in [0.15, 0.2) is 0 Å². The van der Waals surface area contributed by atoms with Crippen LogP contribution in [0.4, 0.5) is 0 Å². The number of hydrogen-bond acceptors (Lipinski definition) is 4. The molecule has 1 atom stereocenters. The predicted molar refractivity (Wildman–Crippen MR) is 55.5 cm³/mol. The fourth-order valence-electron chi connectivity index (χ4n) is 0.976. The highest BCUT2D eigenvalue weighted by Crippen LogP contribution is 2.39. The highest BCUT2D eigenvalue weighted by Gasteiger charge is 2.26. The lowest BCUT2D eigenvalue weighted by Crippen LogP contribution is -2.36. The van der Waals surface area contributed by atoms with Crippen LogP contribution in [0.2, 0.25) is 0 Å². The molecule has 0 saturated carbocycles. The van der Waals surface area contributed by atoms with Gasteiger partial charge in [0.25, 0.3) is 0 Å². The Bertz CT molecular complexity index is 316. The standard InChI is InChI=1S/C6H15N4O5P/c7-4(5(11)12)2-1-3-10(6(8)9)16(13,14)15/h4H,1-3,7H2,(H3,8,9)(H,11,12)(H2,13,14,15)/t4-/m0/s1. The lowest BCUT2D eigenvalue weighted by atomic mass is 10.2. The molecule has 0 amide bonds. The Balaban J connectivity index is 4.21. The van der Waals surface area contributed by atoms with Gasteiger partial charge in [-0.25, -0.2) is 9.24 Å². The number of rotatable bonds is 6. The molecule has 0 heterocycles. The number of guanidine groups is 1. The van der Waals surface area contributed by atoms with Crippen molar-refractivity contribution in [3.63, 3.8) is 0 Å². The quantitative estimate of drug-likeness (QED) is 0.188. The monoisotopic (exact) mass is 254 g/mol. The van der Waals surface area contributed by atoms with E-state index in [4.69, 9.17) is 31.8 Å². The van der Waals surface area contributed by atoms with E-state index in [2.05, 4.69) is 0 Å². The average molecular weight is 254 g/mol. The van der Waals surface area contributed by atoms with Crippen molar-refractivity contribution in [2.75, 3.05) is 6.54 Å². The van der Waals surface area contributed by atoms with Crippen LogP contribution in [0.5, 0.6) is 0 Å². The van der Waals surface area contributed by atoms with Crippen molar-refractivity contribution in [1.29, 1.82) is 5.41 Å². The second-order valence-electron chi connectivity index (χ2n) is 3.11. The van der Waals surface area contributed by atoms with E-state index in [-0.39, 0.29) is 19.4 Å². The Labute approximate surface area is 91.8 Å². The molecule has 94 valence electrons. The minimum absolute atomic E-state index is 0.0408. The molecule has 9 nitrogen and oxygen atoms in total. The van der Waals surface area contributed by atoms with Gasteiger partial charge in [-0.3, -0.25) is 10.2 Å². The van der Waals surface area contributed by atoms with Gasteiger partial charge in [-0.2, -0.15) is 0 Å². The van der Waals surface area contributed by atoms with Crippen LogP contribution in [0.1, 0.15) is 12.8 Å². The van der Waals surface area contributed by atoms with Gasteiger partial charge in [-0.1, -0.05) is 0 Å². The van der Waals surface area contributed by atoms with E-state index in [9.17, 15) is 9.36 Å². The molecule has 16 heavy (non-hydrogen) atoms. The summed E-state index contributed by atoms with van der Waals surface area (Å²) >= 11 is 0. The summed E-state index contributed by atoms with van der Waals surface area (Å²) in [5, 5.41) is 15.4. The molecule has 0 saturated heterocycles. The maximum absolute atomic E-state index is 10.8. The normalized spacial score (nSPS) is 13.2. The number of nitrogens with zero attached hydrogens (tertiary/aromatic N) is 1. The highest BCUT2D eigenvalue weighted by atomic mass is 31.2. The SMILES string of the molecule is N=C(N)N(CCC[C@H](N)C(=O)O)P(=O)(O)O. The first-order chi connectivity index (χ1) is 7.16. The summed E-state index contributed by atoms with van der Waals surface area (Å²) in [4.78, 5) is 27.9. The molecule has 10 heteroatoms. The number of aliphatic carboxylic acids is 1. The van der Waals surface area contributed by atoms with Gasteiger partial charge in [0.1, 0.15) is 6.04 Å². The van der Waals surface area contributed by atoms with Crippen molar-refractivity contribution in [2.24, 2.45) is 11.5 Å². The minimum Gasteiger partial charge on any atom is -0.480 e. The number of nitrogens with one attached hydrogen (secondary N) is 1. The second-order valence-corrected chi connectivity index (χ2v) is 4.62. The largest absolute Gasteiger partial charge is 0.480 e. The van der Waals surface area contributed by atoms with E-state index in [0.29, 0.717) is 4.67 Å². The smallest absolute Gasteiger partial charge is 0.432 e. The molecule has 0 aromatic heterocycles. The number of carboxylic acids is 1. The minimum atomic E-state index is -4.62. The molecular weight excluding hydrogens is 239 g/mol. The third-order valence-corrected chi connectivity index (χ3v) is 2.84. The van der Waals surface area contributed by atoms with Crippen LogP contribution >= 0.6 is 7.75 Å². The van der Waals surface area contributed by atoms with Gasteiger partial charge in [0.2, 0.25) is 0 Å². The Morgan fingerprint density at radius 3 is 2.31 bits per heavy atom. The van der Waals surface area contributed by atoms with Gasteiger partial charge >= 0.3 is 13.7 Å². The highest BCUT2D eigenvalue weighted by molar-refractivity contribution is 7.49. The van der Waals surface area contributed by atoms with Crippen LogP contribution in [0.25, 0.3) is 0 Å². The van der Waals surface area contributed by atoms with Crippen LogP contribution in [-0.4, -0.2) is 44.1 Å². The molecule has 0 rings (SSSR count). The summed E-state index contributed by atoms with van der Waals surface area (Å²) in [6.07, 6.45) is 0.150. The molecular formula is C6H15N4O5P. The lowest BCUT2D eigenvalue weighted by molar-refractivity contribution is -0.138. The molecule has 0 aliphatic carbocycles. The van der Waals surface area contributed by atoms with E-state index >= 15 is 0 Å². The van der Waals surface area contributed by atoms with Crippen LogP contribution < -0.4 is 11.5 Å². The summed E-state index contributed by atoms with van der Waals surface area (Å²) in [6, 6.07) is -1.09. The van der Waals surface area contributed by atoms with Crippen molar-refractivity contribution in [3.8, 4) is 0 Å². The van der Waals surface area contributed by atoms with Crippen LogP contribution in [-0.2, 0) is 9.36 Å². The summed E-state index contributed by atoms with van der Waals surface area (Å²) in [5.74, 6) is -1.96. The topological polar surface area (TPSA) is 174 Å². The van der Waals surface area contributed by atoms with Crippen molar-refractivity contribution in [3.05, 3.63) is 0 Å². The van der Waals surface area contributed by atoms with Crippen LogP contribution in [0, 0.1) is 5.41 Å². The molecule has 0 radical (unpaired) electrons. The molecule has 0 aromatic carbocycles. The van der Waals surface area contributed by atoms with Crippen LogP contribution in [0.3, 0.4) is 0 Å². The van der Waals surface area contributed by atoms with Crippen molar-refractivity contribution < 1.29 is 24.3 Å². The van der Waals surface area contributed by atoms with E-state index in [0.717, 1.165) is 0 Å². The Morgan fingerprint density at radius 2 is 2.00 bits per heavy atom. The number of nitrogens with two attached hydrogens (primary N) is 2. The van der Waals surface area contributed by atoms with Gasteiger partial charge in [0, 0.05) is 6.54 Å². The average Bonchev–Trinajstić information content (AvgIpc) is 2.08. The molecule has 0 unspecified atom stereocenters. The predicted octanol–water partition coefficient (Wildman–Crippen LogP) is -1.53. The van der Waals surface area contributed by atoms with E-state index in [1.165, 1.54) is 0 Å². The van der Waals surface area contributed by atoms with Crippen molar-refractivity contribution in [2.45, 2.75) is 18.9 Å². The van der Waals surface area contributed by atoms with Gasteiger partial charge in [-0.15, -0.1) is 0 Å². The number of hydrogen-bond donors (Lipinski definition) is 6. The Morgan fingerprint density at radius 1 is 1.50 bits per heavy atom. The van der Waals surface area contributed by atoms with E-state index in [1.54, 1.807) is 0 Å². The fraction of sp³-hybridized carbons (Fsp3) is 0.667. The Hall–Kier alpha value is -1.15. The van der Waals surface area contributed by atoms with E-state index in [1.807, 2.05) is 0 Å². The Kier molecular flexibility index (Phi) is 5.39. The molecule has 0 spiro atoms. The molecule has 0 aliphatic heterocycles. The zero-order valence-corrected chi connectivity index (χ0v) is 9.30. The number of carbonyl (C=O) groups is 1. The molecule has 8 N–H and O–H groups in total. The maximum Gasteiger partial charge on any atom is 0.432 e. The third kappa shape index (κ3) is 5.08. The first-order valence-electron chi connectivity index (χ1n) is 4.32. The zero-order valence-electron chi connectivity index (χ0n) is 8.41. The molecule has 0 fully saturated rings. The summed E-state index contributed by atoms with van der Waals surface area (Å²) < 4.78 is 11.2. The summed E-state index contributed by atoms with van der Waals surface area (Å²) in [6.45, 7) is -0.222. The summed E-state index contributed by atoms with van der Waals surface area (Å²) in [5.41, 5.74) is 10.2. The lowest BCUT2D eigenvalue weighted by Gasteiger charge is -2.23. The van der Waals surface area contributed by atoms with Gasteiger partial charge in [0.15, 0.2) is 5.96 Å². The van der Waals surface area contributed by atoms with E-state index < -0.39 is 25.7 Å². The molecule has 0 aromatic rings. The van der Waals surface area contributed by atoms with Gasteiger partial charge < -0.3 is 26.4 Å². The maximum atomic E-state index is 10.8.